The summed E-state index contributed by atoms with van der Waals surface area (Å²) in [6.07, 6.45) is 1.66. The number of benzene rings is 1. The SMILES string of the molecule is CC(NC1CC1)(C(=O)O)c1c(F)cccc1F. The Morgan fingerprint density at radius 1 is 1.41 bits per heavy atom. The lowest BCUT2D eigenvalue weighted by molar-refractivity contribution is -0.145. The smallest absolute Gasteiger partial charge is 0.328 e. The number of hydrogen-bond acceptors (Lipinski definition) is 2. The molecule has 2 N–H and O–H groups in total. The zero-order valence-corrected chi connectivity index (χ0v) is 9.34. The summed E-state index contributed by atoms with van der Waals surface area (Å²) in [6, 6.07) is 3.37. The highest BCUT2D eigenvalue weighted by atomic mass is 19.1. The number of carboxylic acid groups (broad SMARTS) is 1. The topological polar surface area (TPSA) is 49.3 Å². The van der Waals surface area contributed by atoms with Gasteiger partial charge in [0.25, 0.3) is 0 Å². The van der Waals surface area contributed by atoms with Crippen molar-refractivity contribution >= 4 is 5.97 Å². The third-order valence-corrected chi connectivity index (χ3v) is 2.96. The van der Waals surface area contributed by atoms with Crippen LogP contribution in [0.2, 0.25) is 0 Å². The molecule has 0 radical (unpaired) electrons. The Balaban J connectivity index is 2.47. The molecule has 1 aliphatic carbocycles. The average molecular weight is 241 g/mol. The summed E-state index contributed by atoms with van der Waals surface area (Å²) in [5.41, 5.74) is -2.16. The lowest BCUT2D eigenvalue weighted by atomic mass is 9.90. The Morgan fingerprint density at radius 2 is 1.94 bits per heavy atom. The molecule has 1 fully saturated rings. The maximum atomic E-state index is 13.6. The largest absolute Gasteiger partial charge is 0.480 e. The fraction of sp³-hybridized carbons (Fsp3) is 0.417. The van der Waals surface area contributed by atoms with Crippen LogP contribution in [0, 0.1) is 11.6 Å². The zero-order valence-electron chi connectivity index (χ0n) is 9.34. The van der Waals surface area contributed by atoms with E-state index in [1.165, 1.54) is 13.0 Å². The van der Waals surface area contributed by atoms with E-state index in [1.54, 1.807) is 0 Å². The zero-order chi connectivity index (χ0) is 12.6. The van der Waals surface area contributed by atoms with Gasteiger partial charge in [0.15, 0.2) is 0 Å². The Morgan fingerprint density at radius 3 is 2.35 bits per heavy atom. The highest BCUT2D eigenvalue weighted by molar-refractivity contribution is 5.80. The van der Waals surface area contributed by atoms with Crippen LogP contribution in [0.5, 0.6) is 0 Å². The first-order valence-corrected chi connectivity index (χ1v) is 5.40. The Hall–Kier alpha value is -1.49. The molecule has 1 aliphatic rings. The average Bonchev–Trinajstić information content (AvgIpc) is 3.00. The molecule has 0 heterocycles. The number of rotatable bonds is 4. The molecule has 92 valence electrons. The molecular formula is C12H13F2NO2. The minimum Gasteiger partial charge on any atom is -0.480 e. The number of aliphatic carboxylic acids is 1. The van der Waals surface area contributed by atoms with Crippen LogP contribution in [0.25, 0.3) is 0 Å². The van der Waals surface area contributed by atoms with Crippen LogP contribution < -0.4 is 5.32 Å². The molecule has 0 aliphatic heterocycles. The molecule has 2 rings (SSSR count). The summed E-state index contributed by atoms with van der Waals surface area (Å²) >= 11 is 0. The van der Waals surface area contributed by atoms with Crippen molar-refractivity contribution in [3.8, 4) is 0 Å². The number of carbonyl (C=O) groups is 1. The highest BCUT2D eigenvalue weighted by Crippen LogP contribution is 2.31. The maximum Gasteiger partial charge on any atom is 0.328 e. The van der Waals surface area contributed by atoms with Crippen LogP contribution in [-0.2, 0) is 10.3 Å². The van der Waals surface area contributed by atoms with Crippen LogP contribution >= 0.6 is 0 Å². The van der Waals surface area contributed by atoms with Gasteiger partial charge in [-0.15, -0.1) is 0 Å². The van der Waals surface area contributed by atoms with Crippen LogP contribution in [0.3, 0.4) is 0 Å². The van der Waals surface area contributed by atoms with Crippen molar-refractivity contribution in [2.24, 2.45) is 0 Å². The molecule has 1 saturated carbocycles. The lowest BCUT2D eigenvalue weighted by Gasteiger charge is -2.27. The first-order chi connectivity index (χ1) is 7.95. The van der Waals surface area contributed by atoms with E-state index in [9.17, 15) is 18.7 Å². The lowest BCUT2D eigenvalue weighted by Crippen LogP contribution is -2.49. The molecule has 1 aromatic rings. The fourth-order valence-electron chi connectivity index (χ4n) is 1.85. The third kappa shape index (κ3) is 2.15. The van der Waals surface area contributed by atoms with Crippen LogP contribution in [-0.4, -0.2) is 17.1 Å². The maximum absolute atomic E-state index is 13.6. The predicted molar refractivity (Wildman–Crippen MR) is 57.5 cm³/mol. The summed E-state index contributed by atoms with van der Waals surface area (Å²) in [6.45, 7) is 1.29. The van der Waals surface area contributed by atoms with Crippen LogP contribution in [0.1, 0.15) is 25.3 Å². The van der Waals surface area contributed by atoms with Crippen LogP contribution in [0.4, 0.5) is 8.78 Å². The van der Waals surface area contributed by atoms with Gasteiger partial charge in [0.05, 0.1) is 5.56 Å². The molecule has 0 spiro atoms. The van der Waals surface area contributed by atoms with Crippen molar-refractivity contribution in [3.63, 3.8) is 0 Å². The molecule has 1 unspecified atom stereocenters. The summed E-state index contributed by atoms with van der Waals surface area (Å²) < 4.78 is 27.3. The molecule has 0 bridgehead atoms. The number of carboxylic acids is 1. The molecule has 0 saturated heterocycles. The van der Waals surface area contributed by atoms with E-state index in [4.69, 9.17) is 0 Å². The second kappa shape index (κ2) is 4.07. The number of nitrogens with one attached hydrogen (secondary N) is 1. The van der Waals surface area contributed by atoms with Gasteiger partial charge >= 0.3 is 5.97 Å². The van der Waals surface area contributed by atoms with E-state index in [1.807, 2.05) is 0 Å². The normalized spacial score (nSPS) is 18.8. The molecule has 17 heavy (non-hydrogen) atoms. The summed E-state index contributed by atoms with van der Waals surface area (Å²) in [5.74, 6) is -2.97. The van der Waals surface area contributed by atoms with E-state index >= 15 is 0 Å². The van der Waals surface area contributed by atoms with Crippen molar-refractivity contribution in [3.05, 3.63) is 35.4 Å². The first kappa shape index (κ1) is 12.0. The second-order valence-corrected chi connectivity index (χ2v) is 4.45. The minimum absolute atomic E-state index is 0.0232. The predicted octanol–water partition coefficient (Wildman–Crippen LogP) is 2.02. The standard InChI is InChI=1S/C12H13F2NO2/c1-12(11(16)17,15-7-5-6-7)10-8(13)3-2-4-9(10)14/h2-4,7,15H,5-6H2,1H3,(H,16,17). The summed E-state index contributed by atoms with van der Waals surface area (Å²) in [5, 5.41) is 12.0. The Bertz CT molecular complexity index is 440. The monoisotopic (exact) mass is 241 g/mol. The first-order valence-electron chi connectivity index (χ1n) is 5.40. The quantitative estimate of drug-likeness (QED) is 0.847. The van der Waals surface area contributed by atoms with Crippen molar-refractivity contribution < 1.29 is 18.7 Å². The van der Waals surface area contributed by atoms with Gasteiger partial charge in [0, 0.05) is 6.04 Å². The molecule has 1 atom stereocenters. The minimum atomic E-state index is -1.73. The van der Waals surface area contributed by atoms with E-state index < -0.39 is 28.7 Å². The summed E-state index contributed by atoms with van der Waals surface area (Å²) in [7, 11) is 0. The molecular weight excluding hydrogens is 228 g/mol. The number of halogens is 2. The third-order valence-electron chi connectivity index (χ3n) is 2.96. The molecule has 1 aromatic carbocycles. The number of hydrogen-bond donors (Lipinski definition) is 2. The second-order valence-electron chi connectivity index (χ2n) is 4.45. The van der Waals surface area contributed by atoms with Gasteiger partial charge in [-0.1, -0.05) is 6.07 Å². The molecule has 3 nitrogen and oxygen atoms in total. The van der Waals surface area contributed by atoms with Gasteiger partial charge < -0.3 is 5.11 Å². The van der Waals surface area contributed by atoms with Gasteiger partial charge in [-0.2, -0.15) is 0 Å². The van der Waals surface area contributed by atoms with Crippen molar-refractivity contribution in [2.75, 3.05) is 0 Å². The van der Waals surface area contributed by atoms with E-state index in [0.717, 1.165) is 25.0 Å². The van der Waals surface area contributed by atoms with Crippen molar-refractivity contribution in [1.29, 1.82) is 0 Å². The van der Waals surface area contributed by atoms with Crippen molar-refractivity contribution in [2.45, 2.75) is 31.3 Å². The highest BCUT2D eigenvalue weighted by Gasteiger charge is 2.43. The van der Waals surface area contributed by atoms with Gasteiger partial charge in [0.2, 0.25) is 0 Å². The van der Waals surface area contributed by atoms with Gasteiger partial charge in [-0.05, 0) is 31.9 Å². The van der Waals surface area contributed by atoms with E-state index in [-0.39, 0.29) is 6.04 Å². The van der Waals surface area contributed by atoms with E-state index in [0.29, 0.717) is 0 Å². The summed E-state index contributed by atoms with van der Waals surface area (Å²) in [4.78, 5) is 11.3. The molecule has 5 heteroatoms. The Kier molecular flexibility index (Phi) is 2.87. The molecule has 0 aromatic heterocycles. The Labute approximate surface area is 97.5 Å². The van der Waals surface area contributed by atoms with Gasteiger partial charge in [0.1, 0.15) is 17.2 Å². The van der Waals surface area contributed by atoms with Crippen molar-refractivity contribution in [1.82, 2.24) is 5.32 Å². The van der Waals surface area contributed by atoms with Crippen LogP contribution in [0.15, 0.2) is 18.2 Å². The molecule has 0 amide bonds. The van der Waals surface area contributed by atoms with Gasteiger partial charge in [-0.3, -0.25) is 5.32 Å². The van der Waals surface area contributed by atoms with E-state index in [2.05, 4.69) is 5.32 Å². The van der Waals surface area contributed by atoms with Gasteiger partial charge in [-0.25, -0.2) is 13.6 Å². The fourth-order valence-corrected chi connectivity index (χ4v) is 1.85.